The largest absolute Gasteiger partial charge is 0.508 e. The highest BCUT2D eigenvalue weighted by molar-refractivity contribution is 5.61. The van der Waals surface area contributed by atoms with E-state index in [9.17, 15) is 133 Å². The van der Waals surface area contributed by atoms with Crippen LogP contribution >= 0.6 is 0 Å². The number of phenolic OH excluding ortho intramolecular Hbond substituents is 20. The van der Waals surface area contributed by atoms with E-state index in [1.54, 1.807) is 48.5 Å². The molecule has 6 aliphatic heterocycles. The molecular weight excluding hydrogens is 1760 g/mol. The Kier molecular flexibility index (Phi) is 28.6. The van der Waals surface area contributed by atoms with Crippen LogP contribution in [0.4, 0.5) is 0 Å². The molecule has 12 aromatic rings. The zero-order valence-electron chi connectivity index (χ0n) is 71.9. The van der Waals surface area contributed by atoms with Crippen LogP contribution in [0.15, 0.2) is 170 Å². The molecule has 26 N–H and O–H groups in total. The maximum absolute atomic E-state index is 10.3. The SMILES string of the molecule is COc1c(O)cc([C@H]2Oc3cc(O)cc(O)c3C[C@H]2O)cc1O.COc1cc([C@H]2Oc3cc(O)cc(O)c3C[C@@H]2O)ccc1O.COc1cc([C@H]2Oc3cc(O)cc(O)c3C[C@H]2O)cc(O)c1O.COc1cc([C@H]2Oc3cc(O)cc(O)c3C[C@H]2O)ccc1O.COc1ccc([C@H]2Oc3cc(O)cc(O)c3C[C@@H]2O)cc1O.COc1ccc([C@H]2Oc3cc(O)cc(O)c3C[C@H]2O)cc1O. The fourth-order valence-corrected chi connectivity index (χ4v) is 15.9. The van der Waals surface area contributed by atoms with Crippen LogP contribution in [0, 0.1) is 0 Å². The van der Waals surface area contributed by atoms with Gasteiger partial charge in [0.25, 0.3) is 0 Å². The van der Waals surface area contributed by atoms with Crippen molar-refractivity contribution < 1.29 is 190 Å². The van der Waals surface area contributed by atoms with Crippen LogP contribution in [0.25, 0.3) is 0 Å². The highest BCUT2D eigenvalue weighted by Gasteiger charge is 2.40. The summed E-state index contributed by atoms with van der Waals surface area (Å²) < 4.78 is 64.1. The van der Waals surface area contributed by atoms with E-state index in [2.05, 4.69) is 0 Å². The highest BCUT2D eigenvalue weighted by Crippen LogP contribution is 2.52. The number of ether oxygens (including phenoxy) is 12. The molecule has 38 nitrogen and oxygen atoms in total. The van der Waals surface area contributed by atoms with Gasteiger partial charge in [-0.3, -0.25) is 0 Å². The van der Waals surface area contributed by atoms with Crippen LogP contribution in [-0.2, 0) is 38.5 Å². The molecule has 38 heteroatoms. The minimum absolute atomic E-state index is 0.00719. The van der Waals surface area contributed by atoms with Crippen molar-refractivity contribution in [3.63, 3.8) is 0 Å². The summed E-state index contributed by atoms with van der Waals surface area (Å²) in [6.07, 6.45) is -9.16. The minimum Gasteiger partial charge on any atom is -0.508 e. The molecule has 0 spiro atoms. The van der Waals surface area contributed by atoms with Crippen molar-refractivity contribution in [3.8, 4) is 184 Å². The Balaban J connectivity index is 0.000000136. The zero-order valence-corrected chi connectivity index (χ0v) is 71.9. The number of hydrogen-bond acceptors (Lipinski definition) is 38. The minimum atomic E-state index is -1.01. The summed E-state index contributed by atoms with van der Waals surface area (Å²) in [6.45, 7) is 0. The van der Waals surface area contributed by atoms with Gasteiger partial charge < -0.3 is 190 Å². The predicted molar refractivity (Wildman–Crippen MR) is 468 cm³/mol. The molecular formula is C96H96O38. The first-order chi connectivity index (χ1) is 63.8. The predicted octanol–water partition coefficient (Wildman–Crippen LogP) is 10.5. The molecule has 18 rings (SSSR count). The first-order valence-electron chi connectivity index (χ1n) is 40.8. The fourth-order valence-electron chi connectivity index (χ4n) is 15.9. The lowest BCUT2D eigenvalue weighted by molar-refractivity contribution is 0.0195. The number of benzene rings is 12. The highest BCUT2D eigenvalue weighted by atomic mass is 16.5. The summed E-state index contributed by atoms with van der Waals surface area (Å²) in [4.78, 5) is 0. The van der Waals surface area contributed by atoms with Crippen LogP contribution in [0.3, 0.4) is 0 Å². The van der Waals surface area contributed by atoms with E-state index in [0.29, 0.717) is 101 Å². The Labute approximate surface area is 761 Å². The van der Waals surface area contributed by atoms with Crippen LogP contribution in [0.2, 0.25) is 0 Å². The third-order valence-corrected chi connectivity index (χ3v) is 22.5. The number of rotatable bonds is 12. The molecule has 0 amide bonds. The van der Waals surface area contributed by atoms with E-state index >= 15 is 0 Å². The van der Waals surface area contributed by atoms with Gasteiger partial charge in [-0.05, 0) is 95.1 Å². The first kappa shape index (κ1) is 95.6. The molecule has 0 aliphatic carbocycles. The van der Waals surface area contributed by atoms with Gasteiger partial charge >= 0.3 is 0 Å². The molecule has 0 radical (unpaired) electrons. The second-order valence-electron chi connectivity index (χ2n) is 31.4. The van der Waals surface area contributed by atoms with Gasteiger partial charge in [0.05, 0.1) is 79.3 Å². The summed E-state index contributed by atoms with van der Waals surface area (Å²) in [5, 5.41) is 256. The Bertz CT molecular complexity index is 6030. The molecule has 0 unspecified atom stereocenters. The van der Waals surface area contributed by atoms with E-state index in [1.165, 1.54) is 164 Å². The van der Waals surface area contributed by atoms with Crippen LogP contribution in [-0.4, -0.2) is 212 Å². The van der Waals surface area contributed by atoms with Gasteiger partial charge in [-0.2, -0.15) is 0 Å². The number of aliphatic hydroxyl groups is 6. The lowest BCUT2D eigenvalue weighted by Crippen LogP contribution is -2.30. The average molecular weight is 1860 g/mol. The molecule has 134 heavy (non-hydrogen) atoms. The van der Waals surface area contributed by atoms with E-state index in [-0.39, 0.29) is 177 Å². The second-order valence-corrected chi connectivity index (χ2v) is 31.4. The molecule has 12 atom stereocenters. The van der Waals surface area contributed by atoms with Gasteiger partial charge in [0.2, 0.25) is 11.5 Å². The van der Waals surface area contributed by atoms with Crippen molar-refractivity contribution in [1.82, 2.24) is 0 Å². The van der Waals surface area contributed by atoms with E-state index in [1.807, 2.05) is 0 Å². The Hall–Kier alpha value is -16.0. The van der Waals surface area contributed by atoms with Crippen LogP contribution in [0.1, 0.15) is 103 Å². The van der Waals surface area contributed by atoms with Gasteiger partial charge in [-0.15, -0.1) is 0 Å². The topological polar surface area (TPSA) is 637 Å². The molecule has 0 saturated heterocycles. The quantitative estimate of drug-likeness (QED) is 0.0505. The number of aliphatic hydroxyl groups excluding tert-OH is 6. The smallest absolute Gasteiger partial charge is 0.202 e. The maximum Gasteiger partial charge on any atom is 0.202 e. The molecule has 0 aromatic heterocycles. The summed E-state index contributed by atoms with van der Waals surface area (Å²) in [6, 6.07) is 39.5. The summed E-state index contributed by atoms with van der Waals surface area (Å²) in [5.74, 6) is -0.231. The summed E-state index contributed by atoms with van der Waals surface area (Å²) in [7, 11) is 8.40. The Morgan fingerprint density at radius 1 is 0.194 bits per heavy atom. The number of hydrogen-bond donors (Lipinski definition) is 26. The number of aromatic hydroxyl groups is 20. The van der Waals surface area contributed by atoms with Crippen molar-refractivity contribution in [3.05, 3.63) is 237 Å². The third kappa shape index (κ3) is 20.7. The van der Waals surface area contributed by atoms with Crippen molar-refractivity contribution >= 4 is 0 Å². The standard InChI is InChI=1S/2C16H16O7.4C16H16O6/c1-22-14-3-7(2-11(19)15(14)21)16-12(20)6-9-10(18)4-8(17)5-13(9)23-16;1-22-16-11(19)2-7(3-12(16)20)15-13(21)6-9-10(18)4-8(17)5-14(9)23-15;2*1-21-14-3-2-8(4-12(14)19)16-13(20)7-10-11(18)5-9(17)6-15(10)22-16;2*1-21-15-4-8(2-3-11(15)18)16-13(20)7-10-12(19)5-9(17)6-14(10)22-16/h2-5,12,16-21H,6H2,1H3;2-5,13,15,17-21H,6H2,1H3;4*2-6,13,16-20H,7H2,1H3/t12-,16-;13-,15-;13-,16+;13-,16-;13-,16+;13-,16-/m110101/s1. The van der Waals surface area contributed by atoms with Crippen molar-refractivity contribution in [2.75, 3.05) is 42.7 Å². The summed E-state index contributed by atoms with van der Waals surface area (Å²) in [5.41, 5.74) is 5.66. The molecule has 6 aliphatic rings. The van der Waals surface area contributed by atoms with Crippen molar-refractivity contribution in [1.29, 1.82) is 0 Å². The molecule has 6 heterocycles. The number of fused-ring (bicyclic) bond motifs is 6. The van der Waals surface area contributed by atoms with Crippen LogP contribution in [0.5, 0.6) is 184 Å². The zero-order chi connectivity index (χ0) is 96.9. The average Bonchev–Trinajstić information content (AvgIpc) is 0.801. The van der Waals surface area contributed by atoms with Gasteiger partial charge in [0.15, 0.2) is 81.2 Å². The molecule has 708 valence electrons. The van der Waals surface area contributed by atoms with E-state index in [4.69, 9.17) is 56.8 Å². The van der Waals surface area contributed by atoms with Crippen molar-refractivity contribution in [2.24, 2.45) is 0 Å². The number of methoxy groups -OCH3 is 6. The third-order valence-electron chi connectivity index (χ3n) is 22.5. The normalized spacial score (nSPS) is 20.0. The van der Waals surface area contributed by atoms with Gasteiger partial charge in [0, 0.05) is 156 Å². The fraction of sp³-hybridized carbons (Fsp3) is 0.250. The van der Waals surface area contributed by atoms with Gasteiger partial charge in [-0.25, -0.2) is 0 Å². The molecule has 12 aromatic carbocycles. The summed E-state index contributed by atoms with van der Waals surface area (Å²) >= 11 is 0. The van der Waals surface area contributed by atoms with Gasteiger partial charge in [-0.1, -0.05) is 24.3 Å². The Morgan fingerprint density at radius 2 is 0.403 bits per heavy atom. The molecule has 0 bridgehead atoms. The van der Waals surface area contributed by atoms with Crippen molar-refractivity contribution in [2.45, 2.75) is 112 Å². The first-order valence-corrected chi connectivity index (χ1v) is 40.8. The number of phenols is 20. The lowest BCUT2D eigenvalue weighted by Gasteiger charge is -2.31. The molecule has 0 fully saturated rings. The van der Waals surface area contributed by atoms with E-state index in [0.717, 1.165) is 0 Å². The lowest BCUT2D eigenvalue weighted by atomic mass is 9.93. The maximum atomic E-state index is 10.3. The molecule has 0 saturated carbocycles. The van der Waals surface area contributed by atoms with Crippen LogP contribution < -0.4 is 56.8 Å². The second kappa shape index (κ2) is 40.2. The van der Waals surface area contributed by atoms with E-state index < -0.39 is 84.7 Å². The van der Waals surface area contributed by atoms with Gasteiger partial charge in [0.1, 0.15) is 128 Å². The Morgan fingerprint density at radius 3 is 0.642 bits per heavy atom. The monoisotopic (exact) mass is 1860 g/mol.